The molecule has 1 aliphatic rings. The molecule has 2 rings (SSSR count). The lowest BCUT2D eigenvalue weighted by molar-refractivity contribution is 0.454. The summed E-state index contributed by atoms with van der Waals surface area (Å²) in [5.74, 6) is 1.58. The van der Waals surface area contributed by atoms with Crippen LogP contribution >= 0.6 is 0 Å². The SMILES string of the molecule is CC(C)CNCCC(C)CCc1ccc2c(c1)CCC2. The molecule has 0 amide bonds. The highest BCUT2D eigenvalue weighted by Gasteiger charge is 2.11. The normalized spacial score (nSPS) is 15.6. The van der Waals surface area contributed by atoms with Crippen LogP contribution in [0.2, 0.25) is 0 Å². The van der Waals surface area contributed by atoms with Gasteiger partial charge in [-0.2, -0.15) is 0 Å². The summed E-state index contributed by atoms with van der Waals surface area (Å²) in [5, 5.41) is 3.55. The number of fused-ring (bicyclic) bond motifs is 1. The third-order valence-electron chi connectivity index (χ3n) is 4.46. The number of hydrogen-bond acceptors (Lipinski definition) is 1. The third-order valence-corrected chi connectivity index (χ3v) is 4.46. The summed E-state index contributed by atoms with van der Waals surface area (Å²) in [6.45, 7) is 9.25. The highest BCUT2D eigenvalue weighted by atomic mass is 14.8. The first-order chi connectivity index (χ1) is 9.65. The van der Waals surface area contributed by atoms with Gasteiger partial charge in [0.2, 0.25) is 0 Å². The second-order valence-electron chi connectivity index (χ2n) is 6.99. The van der Waals surface area contributed by atoms with E-state index in [1.165, 1.54) is 45.1 Å². The number of benzene rings is 1. The minimum atomic E-state index is 0.761. The molecule has 0 saturated carbocycles. The maximum absolute atomic E-state index is 3.55. The molecule has 0 aromatic heterocycles. The summed E-state index contributed by atoms with van der Waals surface area (Å²) in [6, 6.07) is 7.19. The van der Waals surface area contributed by atoms with Crippen LogP contribution in [-0.4, -0.2) is 13.1 Å². The molecule has 20 heavy (non-hydrogen) atoms. The Morgan fingerprint density at radius 3 is 2.65 bits per heavy atom. The van der Waals surface area contributed by atoms with Crippen LogP contribution in [0, 0.1) is 11.8 Å². The fraction of sp³-hybridized carbons (Fsp3) is 0.684. The summed E-state index contributed by atoms with van der Waals surface area (Å²) < 4.78 is 0. The lowest BCUT2D eigenvalue weighted by atomic mass is 9.96. The summed E-state index contributed by atoms with van der Waals surface area (Å²) in [5.41, 5.74) is 4.76. The molecule has 1 N–H and O–H groups in total. The standard InChI is InChI=1S/C19H31N/c1-15(2)14-20-12-11-16(3)7-8-17-9-10-18-5-4-6-19(18)13-17/h9-10,13,15-16,20H,4-8,11-12,14H2,1-3H3. The maximum atomic E-state index is 3.55. The summed E-state index contributed by atoms with van der Waals surface area (Å²) >= 11 is 0. The molecule has 0 radical (unpaired) electrons. The maximum Gasteiger partial charge on any atom is -0.00258 e. The first-order valence-corrected chi connectivity index (χ1v) is 8.46. The monoisotopic (exact) mass is 273 g/mol. The quantitative estimate of drug-likeness (QED) is 0.693. The fourth-order valence-corrected chi connectivity index (χ4v) is 3.08. The second kappa shape index (κ2) is 7.83. The van der Waals surface area contributed by atoms with E-state index in [2.05, 4.69) is 44.3 Å². The molecule has 1 aromatic rings. The highest BCUT2D eigenvalue weighted by Crippen LogP contribution is 2.24. The van der Waals surface area contributed by atoms with Gasteiger partial charge in [-0.15, -0.1) is 0 Å². The van der Waals surface area contributed by atoms with Gasteiger partial charge >= 0.3 is 0 Å². The zero-order valence-corrected chi connectivity index (χ0v) is 13.5. The molecule has 112 valence electrons. The van der Waals surface area contributed by atoms with Crippen LogP contribution in [0.1, 0.15) is 56.7 Å². The van der Waals surface area contributed by atoms with Crippen molar-refractivity contribution in [3.05, 3.63) is 34.9 Å². The van der Waals surface area contributed by atoms with E-state index in [0.717, 1.165) is 18.4 Å². The van der Waals surface area contributed by atoms with Crippen molar-refractivity contribution in [1.82, 2.24) is 5.32 Å². The van der Waals surface area contributed by atoms with Gasteiger partial charge in [0.25, 0.3) is 0 Å². The van der Waals surface area contributed by atoms with Crippen LogP contribution in [0.5, 0.6) is 0 Å². The van der Waals surface area contributed by atoms with Crippen molar-refractivity contribution in [2.45, 2.75) is 59.3 Å². The van der Waals surface area contributed by atoms with Gasteiger partial charge in [-0.25, -0.2) is 0 Å². The molecule has 1 heteroatoms. The molecular weight excluding hydrogens is 242 g/mol. The van der Waals surface area contributed by atoms with E-state index in [0.29, 0.717) is 0 Å². The topological polar surface area (TPSA) is 12.0 Å². The van der Waals surface area contributed by atoms with Crippen LogP contribution in [0.4, 0.5) is 0 Å². The Morgan fingerprint density at radius 2 is 1.85 bits per heavy atom. The van der Waals surface area contributed by atoms with Crippen LogP contribution in [0.25, 0.3) is 0 Å². The fourth-order valence-electron chi connectivity index (χ4n) is 3.08. The second-order valence-corrected chi connectivity index (χ2v) is 6.99. The van der Waals surface area contributed by atoms with Gasteiger partial charge in [0, 0.05) is 0 Å². The molecule has 1 unspecified atom stereocenters. The van der Waals surface area contributed by atoms with Crippen molar-refractivity contribution >= 4 is 0 Å². The Labute approximate surface area is 125 Å². The molecule has 0 fully saturated rings. The van der Waals surface area contributed by atoms with E-state index < -0.39 is 0 Å². The number of hydrogen-bond donors (Lipinski definition) is 1. The van der Waals surface area contributed by atoms with Gasteiger partial charge in [-0.05, 0) is 80.1 Å². The van der Waals surface area contributed by atoms with Gasteiger partial charge in [0.15, 0.2) is 0 Å². The van der Waals surface area contributed by atoms with Crippen molar-refractivity contribution in [3.63, 3.8) is 0 Å². The zero-order valence-electron chi connectivity index (χ0n) is 13.5. The lowest BCUT2D eigenvalue weighted by Gasteiger charge is -2.13. The Bertz CT molecular complexity index is 408. The first-order valence-electron chi connectivity index (χ1n) is 8.46. The lowest BCUT2D eigenvalue weighted by Crippen LogP contribution is -2.22. The third kappa shape index (κ3) is 4.94. The van der Waals surface area contributed by atoms with Gasteiger partial charge < -0.3 is 5.32 Å². The molecule has 1 aromatic carbocycles. The number of aryl methyl sites for hydroxylation is 3. The van der Waals surface area contributed by atoms with Crippen LogP contribution in [-0.2, 0) is 19.3 Å². The number of rotatable bonds is 8. The van der Waals surface area contributed by atoms with E-state index in [1.807, 2.05) is 0 Å². The van der Waals surface area contributed by atoms with Crippen molar-refractivity contribution in [1.29, 1.82) is 0 Å². The average Bonchev–Trinajstić information content (AvgIpc) is 2.88. The van der Waals surface area contributed by atoms with E-state index in [-0.39, 0.29) is 0 Å². The highest BCUT2D eigenvalue weighted by molar-refractivity contribution is 5.35. The number of nitrogens with one attached hydrogen (secondary N) is 1. The molecule has 0 aliphatic heterocycles. The molecule has 1 aliphatic carbocycles. The van der Waals surface area contributed by atoms with Crippen molar-refractivity contribution in [2.24, 2.45) is 11.8 Å². The smallest absolute Gasteiger partial charge is 0.00258 e. The van der Waals surface area contributed by atoms with Crippen LogP contribution in [0.15, 0.2) is 18.2 Å². The summed E-state index contributed by atoms with van der Waals surface area (Å²) in [7, 11) is 0. The predicted octanol–water partition coefficient (Wildman–Crippen LogP) is 4.38. The largest absolute Gasteiger partial charge is 0.316 e. The van der Waals surface area contributed by atoms with E-state index >= 15 is 0 Å². The van der Waals surface area contributed by atoms with E-state index in [1.54, 1.807) is 16.7 Å². The summed E-state index contributed by atoms with van der Waals surface area (Å²) in [4.78, 5) is 0. The van der Waals surface area contributed by atoms with Gasteiger partial charge in [0.1, 0.15) is 0 Å². The van der Waals surface area contributed by atoms with Crippen LogP contribution < -0.4 is 5.32 Å². The zero-order chi connectivity index (χ0) is 14.4. The molecule has 1 nitrogen and oxygen atoms in total. The molecule has 0 bridgehead atoms. The first kappa shape index (κ1) is 15.6. The minimum absolute atomic E-state index is 0.761. The summed E-state index contributed by atoms with van der Waals surface area (Å²) in [6.07, 6.45) is 7.83. The molecule has 1 atom stereocenters. The van der Waals surface area contributed by atoms with Gasteiger partial charge in [-0.3, -0.25) is 0 Å². The van der Waals surface area contributed by atoms with Gasteiger partial charge in [-0.1, -0.05) is 39.0 Å². The average molecular weight is 273 g/mol. The molecule has 0 heterocycles. The van der Waals surface area contributed by atoms with E-state index in [9.17, 15) is 0 Å². The molecule has 0 spiro atoms. The Balaban J connectivity index is 1.67. The molecule has 0 saturated heterocycles. The van der Waals surface area contributed by atoms with Crippen molar-refractivity contribution in [3.8, 4) is 0 Å². The van der Waals surface area contributed by atoms with Crippen molar-refractivity contribution in [2.75, 3.05) is 13.1 Å². The van der Waals surface area contributed by atoms with E-state index in [4.69, 9.17) is 0 Å². The minimum Gasteiger partial charge on any atom is -0.316 e. The van der Waals surface area contributed by atoms with Crippen LogP contribution in [0.3, 0.4) is 0 Å². The predicted molar refractivity (Wildman–Crippen MR) is 88.3 cm³/mol. The van der Waals surface area contributed by atoms with Crippen molar-refractivity contribution < 1.29 is 0 Å². The Morgan fingerprint density at radius 1 is 1.05 bits per heavy atom. The molecular formula is C19H31N. The Kier molecular flexibility index (Phi) is 6.09. The Hall–Kier alpha value is -0.820. The van der Waals surface area contributed by atoms with Gasteiger partial charge in [0.05, 0.1) is 0 Å².